The molecule has 0 aromatic heterocycles. The smallest absolute Gasteiger partial charge is 0.139 e. The number of anilines is 1. The summed E-state index contributed by atoms with van der Waals surface area (Å²) < 4.78 is 27.4. The summed E-state index contributed by atoms with van der Waals surface area (Å²) >= 11 is 9.05. The SMILES string of the molecule is Cc1cc(Br)c(F)cc1NCc1c(F)cccc1Cl. The zero-order valence-corrected chi connectivity index (χ0v) is 12.4. The van der Waals surface area contributed by atoms with Gasteiger partial charge in [-0.1, -0.05) is 17.7 Å². The van der Waals surface area contributed by atoms with Crippen molar-refractivity contribution in [1.29, 1.82) is 0 Å². The van der Waals surface area contributed by atoms with E-state index in [1.807, 2.05) is 6.92 Å². The summed E-state index contributed by atoms with van der Waals surface area (Å²) in [6, 6.07) is 7.55. The van der Waals surface area contributed by atoms with Crippen LogP contribution in [0.5, 0.6) is 0 Å². The predicted molar refractivity (Wildman–Crippen MR) is 77.6 cm³/mol. The molecule has 0 spiro atoms. The average Bonchev–Trinajstić information content (AvgIpc) is 2.34. The summed E-state index contributed by atoms with van der Waals surface area (Å²) in [4.78, 5) is 0. The van der Waals surface area contributed by atoms with Gasteiger partial charge in [-0.25, -0.2) is 8.78 Å². The van der Waals surface area contributed by atoms with Crippen molar-refractivity contribution in [3.63, 3.8) is 0 Å². The molecule has 2 rings (SSSR count). The van der Waals surface area contributed by atoms with E-state index in [0.717, 1.165) is 5.56 Å². The van der Waals surface area contributed by atoms with E-state index in [-0.39, 0.29) is 18.2 Å². The van der Waals surface area contributed by atoms with Gasteiger partial charge in [-0.15, -0.1) is 0 Å². The first-order chi connectivity index (χ1) is 8.99. The number of hydrogen-bond acceptors (Lipinski definition) is 1. The van der Waals surface area contributed by atoms with Crippen LogP contribution in [0.3, 0.4) is 0 Å². The molecule has 2 aromatic carbocycles. The number of halogens is 4. The minimum Gasteiger partial charge on any atom is -0.381 e. The highest BCUT2D eigenvalue weighted by Crippen LogP contribution is 2.26. The third kappa shape index (κ3) is 3.25. The highest BCUT2D eigenvalue weighted by Gasteiger charge is 2.09. The largest absolute Gasteiger partial charge is 0.381 e. The van der Waals surface area contributed by atoms with E-state index in [1.54, 1.807) is 18.2 Å². The Bertz CT molecular complexity index is 596. The van der Waals surface area contributed by atoms with Crippen molar-refractivity contribution in [2.45, 2.75) is 13.5 Å². The lowest BCUT2D eigenvalue weighted by atomic mass is 10.1. The number of rotatable bonds is 3. The quantitative estimate of drug-likeness (QED) is 0.795. The molecule has 1 nitrogen and oxygen atoms in total. The first-order valence-electron chi connectivity index (χ1n) is 5.61. The normalized spacial score (nSPS) is 10.6. The summed E-state index contributed by atoms with van der Waals surface area (Å²) in [5.41, 5.74) is 1.84. The van der Waals surface area contributed by atoms with Crippen LogP contribution < -0.4 is 5.32 Å². The van der Waals surface area contributed by atoms with Crippen LogP contribution in [-0.2, 0) is 6.54 Å². The minimum atomic E-state index is -0.379. The Labute approximate surface area is 123 Å². The monoisotopic (exact) mass is 345 g/mol. The molecule has 0 atom stereocenters. The Morgan fingerprint density at radius 1 is 1.21 bits per heavy atom. The molecule has 0 aliphatic carbocycles. The summed E-state index contributed by atoms with van der Waals surface area (Å²) in [5, 5.41) is 3.34. The predicted octanol–water partition coefficient (Wildman–Crippen LogP) is 5.30. The van der Waals surface area contributed by atoms with Crippen molar-refractivity contribution in [1.82, 2.24) is 0 Å². The van der Waals surface area contributed by atoms with Crippen molar-refractivity contribution >= 4 is 33.2 Å². The molecule has 0 radical (unpaired) electrons. The molecule has 0 unspecified atom stereocenters. The molecule has 0 saturated heterocycles. The molecular formula is C14H11BrClF2N. The van der Waals surface area contributed by atoms with E-state index in [2.05, 4.69) is 21.2 Å². The minimum absolute atomic E-state index is 0.202. The van der Waals surface area contributed by atoms with Crippen LogP contribution in [0.2, 0.25) is 5.02 Å². The van der Waals surface area contributed by atoms with E-state index < -0.39 is 0 Å². The lowest BCUT2D eigenvalue weighted by Gasteiger charge is -2.12. The summed E-state index contributed by atoms with van der Waals surface area (Å²) in [7, 11) is 0. The molecule has 0 aliphatic heterocycles. The first-order valence-corrected chi connectivity index (χ1v) is 6.78. The Hall–Kier alpha value is -1.13. The maximum Gasteiger partial charge on any atom is 0.139 e. The Morgan fingerprint density at radius 2 is 1.95 bits per heavy atom. The first kappa shape index (κ1) is 14.3. The standard InChI is InChI=1S/C14H11BrClF2N/c1-8-5-10(15)13(18)6-14(8)19-7-9-11(16)3-2-4-12(9)17/h2-6,19H,7H2,1H3. The van der Waals surface area contributed by atoms with Gasteiger partial charge in [-0.3, -0.25) is 0 Å². The number of benzene rings is 2. The highest BCUT2D eigenvalue weighted by atomic mass is 79.9. The van der Waals surface area contributed by atoms with Gasteiger partial charge in [0.25, 0.3) is 0 Å². The second kappa shape index (κ2) is 5.88. The molecule has 0 aliphatic rings. The third-order valence-corrected chi connectivity index (χ3v) is 3.75. The van der Waals surface area contributed by atoms with Gasteiger partial charge in [0.2, 0.25) is 0 Å². The maximum atomic E-state index is 13.6. The average molecular weight is 347 g/mol. The van der Waals surface area contributed by atoms with Crippen LogP contribution in [0.25, 0.3) is 0 Å². The van der Waals surface area contributed by atoms with Crippen molar-refractivity contribution in [2.75, 3.05) is 5.32 Å². The second-order valence-corrected chi connectivity index (χ2v) is 5.40. The van der Waals surface area contributed by atoms with Crippen LogP contribution in [0.1, 0.15) is 11.1 Å². The van der Waals surface area contributed by atoms with Gasteiger partial charge < -0.3 is 5.32 Å². The van der Waals surface area contributed by atoms with E-state index in [9.17, 15) is 8.78 Å². The Kier molecular flexibility index (Phi) is 4.42. The van der Waals surface area contributed by atoms with Gasteiger partial charge in [-0.05, 0) is 52.7 Å². The van der Waals surface area contributed by atoms with Crippen LogP contribution in [0.4, 0.5) is 14.5 Å². The van der Waals surface area contributed by atoms with E-state index >= 15 is 0 Å². The van der Waals surface area contributed by atoms with Crippen molar-refractivity contribution < 1.29 is 8.78 Å². The third-order valence-electron chi connectivity index (χ3n) is 2.78. The molecule has 5 heteroatoms. The van der Waals surface area contributed by atoms with Gasteiger partial charge in [0, 0.05) is 22.8 Å². The van der Waals surface area contributed by atoms with Gasteiger partial charge >= 0.3 is 0 Å². The molecule has 19 heavy (non-hydrogen) atoms. The number of hydrogen-bond donors (Lipinski definition) is 1. The number of nitrogens with one attached hydrogen (secondary N) is 1. The van der Waals surface area contributed by atoms with Gasteiger partial charge in [0.1, 0.15) is 11.6 Å². The van der Waals surface area contributed by atoms with Crippen molar-refractivity contribution in [3.8, 4) is 0 Å². The van der Waals surface area contributed by atoms with Crippen LogP contribution in [0.15, 0.2) is 34.8 Å². The zero-order valence-electron chi connectivity index (χ0n) is 10.1. The Balaban J connectivity index is 2.22. The van der Waals surface area contributed by atoms with Crippen molar-refractivity contribution in [2.24, 2.45) is 0 Å². The van der Waals surface area contributed by atoms with Crippen LogP contribution >= 0.6 is 27.5 Å². The van der Waals surface area contributed by atoms with E-state index in [4.69, 9.17) is 11.6 Å². The molecule has 100 valence electrons. The lowest BCUT2D eigenvalue weighted by Crippen LogP contribution is -2.04. The molecule has 2 aromatic rings. The maximum absolute atomic E-state index is 13.6. The fourth-order valence-electron chi connectivity index (χ4n) is 1.72. The second-order valence-electron chi connectivity index (χ2n) is 4.14. The van der Waals surface area contributed by atoms with Gasteiger partial charge in [0.05, 0.1) is 4.47 Å². The molecule has 0 heterocycles. The topological polar surface area (TPSA) is 12.0 Å². The van der Waals surface area contributed by atoms with Gasteiger partial charge in [0.15, 0.2) is 0 Å². The summed E-state index contributed by atoms with van der Waals surface area (Å²) in [6.07, 6.45) is 0. The van der Waals surface area contributed by atoms with E-state index in [1.165, 1.54) is 12.1 Å². The fourth-order valence-corrected chi connectivity index (χ4v) is 2.41. The molecule has 0 amide bonds. The van der Waals surface area contributed by atoms with Crippen LogP contribution in [0, 0.1) is 18.6 Å². The molecular weight excluding hydrogens is 336 g/mol. The fraction of sp³-hybridized carbons (Fsp3) is 0.143. The zero-order chi connectivity index (χ0) is 14.0. The van der Waals surface area contributed by atoms with E-state index in [0.29, 0.717) is 20.7 Å². The molecule has 0 saturated carbocycles. The Morgan fingerprint density at radius 3 is 2.63 bits per heavy atom. The van der Waals surface area contributed by atoms with Gasteiger partial charge in [-0.2, -0.15) is 0 Å². The highest BCUT2D eigenvalue weighted by molar-refractivity contribution is 9.10. The number of aryl methyl sites for hydroxylation is 1. The molecule has 0 fully saturated rings. The summed E-state index contributed by atoms with van der Waals surface area (Å²) in [5.74, 6) is -0.747. The molecule has 0 bridgehead atoms. The summed E-state index contributed by atoms with van der Waals surface area (Å²) in [6.45, 7) is 2.04. The molecule has 1 N–H and O–H groups in total. The lowest BCUT2D eigenvalue weighted by molar-refractivity contribution is 0.612. The van der Waals surface area contributed by atoms with Crippen LogP contribution in [-0.4, -0.2) is 0 Å². The van der Waals surface area contributed by atoms with Crippen molar-refractivity contribution in [3.05, 3.63) is 62.6 Å².